The number of piperidine rings is 1. The van der Waals surface area contributed by atoms with E-state index < -0.39 is 11.6 Å². The number of amides is 3. The van der Waals surface area contributed by atoms with Gasteiger partial charge >= 0.3 is 6.03 Å². The SMILES string of the molecule is COC1(C(=O)Nc2cccc(NC(N)=O)c2)CCNCC1. The van der Waals surface area contributed by atoms with Crippen LogP contribution in [-0.2, 0) is 9.53 Å². The molecule has 1 aromatic rings. The molecular formula is C14H20N4O3. The average molecular weight is 292 g/mol. The molecule has 1 aliphatic rings. The van der Waals surface area contributed by atoms with E-state index in [1.165, 1.54) is 0 Å². The number of nitrogens with two attached hydrogens (primary N) is 1. The molecule has 1 aliphatic heterocycles. The predicted octanol–water partition coefficient (Wildman–Crippen LogP) is 0.884. The van der Waals surface area contributed by atoms with Crippen molar-refractivity contribution in [2.45, 2.75) is 18.4 Å². The number of carbonyl (C=O) groups excluding carboxylic acids is 2. The zero-order chi connectivity index (χ0) is 15.3. The summed E-state index contributed by atoms with van der Waals surface area (Å²) >= 11 is 0. The van der Waals surface area contributed by atoms with E-state index in [9.17, 15) is 9.59 Å². The summed E-state index contributed by atoms with van der Waals surface area (Å²) in [6.07, 6.45) is 1.24. The Hall–Kier alpha value is -2.12. The first-order chi connectivity index (χ1) is 10.1. The number of anilines is 2. The van der Waals surface area contributed by atoms with E-state index in [1.54, 1.807) is 31.4 Å². The topological polar surface area (TPSA) is 105 Å². The van der Waals surface area contributed by atoms with Crippen LogP contribution in [0.2, 0.25) is 0 Å². The molecule has 0 aliphatic carbocycles. The number of rotatable bonds is 4. The highest BCUT2D eigenvalue weighted by Gasteiger charge is 2.39. The lowest BCUT2D eigenvalue weighted by Gasteiger charge is -2.34. The second-order valence-corrected chi connectivity index (χ2v) is 4.97. The molecule has 0 atom stereocenters. The van der Waals surface area contributed by atoms with Crippen molar-refractivity contribution in [3.63, 3.8) is 0 Å². The fourth-order valence-electron chi connectivity index (χ4n) is 2.42. The molecule has 1 fully saturated rings. The lowest BCUT2D eigenvalue weighted by Crippen LogP contribution is -2.51. The quantitative estimate of drug-likeness (QED) is 0.661. The molecule has 2 rings (SSSR count). The third-order valence-corrected chi connectivity index (χ3v) is 3.60. The van der Waals surface area contributed by atoms with Gasteiger partial charge in [0.15, 0.2) is 0 Å². The fourth-order valence-corrected chi connectivity index (χ4v) is 2.42. The molecule has 114 valence electrons. The number of primary amides is 1. The third kappa shape index (κ3) is 3.71. The molecule has 0 spiro atoms. The van der Waals surface area contributed by atoms with Crippen molar-refractivity contribution in [2.24, 2.45) is 5.73 Å². The highest BCUT2D eigenvalue weighted by Crippen LogP contribution is 2.25. The Kier molecular flexibility index (Phi) is 4.77. The summed E-state index contributed by atoms with van der Waals surface area (Å²) in [7, 11) is 1.55. The summed E-state index contributed by atoms with van der Waals surface area (Å²) in [5, 5.41) is 8.50. The standard InChI is InChI=1S/C14H20N4O3/c1-21-14(5-7-16-8-6-14)12(19)17-10-3-2-4-11(9-10)18-13(15)20/h2-4,9,16H,5-8H2,1H3,(H,17,19)(H3,15,18,20). The number of hydrogen-bond acceptors (Lipinski definition) is 4. The first-order valence-corrected chi connectivity index (χ1v) is 6.79. The molecule has 0 bridgehead atoms. The fraction of sp³-hybridized carbons (Fsp3) is 0.429. The van der Waals surface area contributed by atoms with Gasteiger partial charge in [-0.05, 0) is 44.1 Å². The van der Waals surface area contributed by atoms with Crippen LogP contribution in [0.5, 0.6) is 0 Å². The van der Waals surface area contributed by atoms with Crippen molar-refractivity contribution in [2.75, 3.05) is 30.8 Å². The van der Waals surface area contributed by atoms with Crippen molar-refractivity contribution < 1.29 is 14.3 Å². The summed E-state index contributed by atoms with van der Waals surface area (Å²) in [4.78, 5) is 23.3. The van der Waals surface area contributed by atoms with Gasteiger partial charge < -0.3 is 26.4 Å². The largest absolute Gasteiger partial charge is 0.368 e. The second kappa shape index (κ2) is 6.55. The molecule has 1 heterocycles. The van der Waals surface area contributed by atoms with Crippen molar-refractivity contribution in [1.82, 2.24) is 5.32 Å². The van der Waals surface area contributed by atoms with Gasteiger partial charge in [-0.15, -0.1) is 0 Å². The molecule has 0 aromatic heterocycles. The number of urea groups is 1. The maximum Gasteiger partial charge on any atom is 0.316 e. The first kappa shape index (κ1) is 15.3. The molecular weight excluding hydrogens is 272 g/mol. The molecule has 7 heteroatoms. The number of nitrogens with one attached hydrogen (secondary N) is 3. The lowest BCUT2D eigenvalue weighted by atomic mass is 9.91. The van der Waals surface area contributed by atoms with Gasteiger partial charge in [-0.3, -0.25) is 4.79 Å². The summed E-state index contributed by atoms with van der Waals surface area (Å²) in [5.41, 5.74) is 5.37. The van der Waals surface area contributed by atoms with Crippen molar-refractivity contribution in [3.05, 3.63) is 24.3 Å². The van der Waals surface area contributed by atoms with Gasteiger partial charge in [0.1, 0.15) is 5.60 Å². The van der Waals surface area contributed by atoms with Crippen LogP contribution in [0.15, 0.2) is 24.3 Å². The minimum absolute atomic E-state index is 0.178. The monoisotopic (exact) mass is 292 g/mol. The van der Waals surface area contributed by atoms with Gasteiger partial charge in [-0.2, -0.15) is 0 Å². The number of carbonyl (C=O) groups is 2. The van der Waals surface area contributed by atoms with Gasteiger partial charge in [-0.1, -0.05) is 6.07 Å². The summed E-state index contributed by atoms with van der Waals surface area (Å²) in [6, 6.07) is 6.16. The molecule has 0 unspecified atom stereocenters. The Morgan fingerprint density at radius 1 is 1.24 bits per heavy atom. The summed E-state index contributed by atoms with van der Waals surface area (Å²) in [5.74, 6) is -0.178. The predicted molar refractivity (Wildman–Crippen MR) is 80.1 cm³/mol. The van der Waals surface area contributed by atoms with E-state index in [0.717, 1.165) is 13.1 Å². The Morgan fingerprint density at radius 2 is 1.86 bits per heavy atom. The van der Waals surface area contributed by atoms with Gasteiger partial charge in [0.25, 0.3) is 5.91 Å². The molecule has 0 radical (unpaired) electrons. The van der Waals surface area contributed by atoms with E-state index >= 15 is 0 Å². The van der Waals surface area contributed by atoms with Crippen LogP contribution in [0, 0.1) is 0 Å². The van der Waals surface area contributed by atoms with Crippen LogP contribution in [-0.4, -0.2) is 37.7 Å². The number of benzene rings is 1. The molecule has 0 saturated carbocycles. The highest BCUT2D eigenvalue weighted by atomic mass is 16.5. The maximum absolute atomic E-state index is 12.5. The van der Waals surface area contributed by atoms with E-state index in [1.807, 2.05) is 0 Å². The Bertz CT molecular complexity index is 527. The molecule has 7 nitrogen and oxygen atoms in total. The minimum Gasteiger partial charge on any atom is -0.368 e. The normalized spacial score (nSPS) is 17.0. The zero-order valence-corrected chi connectivity index (χ0v) is 11.9. The van der Waals surface area contributed by atoms with Crippen LogP contribution in [0.4, 0.5) is 16.2 Å². The second-order valence-electron chi connectivity index (χ2n) is 4.97. The first-order valence-electron chi connectivity index (χ1n) is 6.79. The number of methoxy groups -OCH3 is 1. The lowest BCUT2D eigenvalue weighted by molar-refractivity contribution is -0.140. The molecule has 1 saturated heterocycles. The van der Waals surface area contributed by atoms with E-state index in [-0.39, 0.29) is 5.91 Å². The summed E-state index contributed by atoms with van der Waals surface area (Å²) in [6.45, 7) is 1.48. The Morgan fingerprint density at radius 3 is 2.43 bits per heavy atom. The van der Waals surface area contributed by atoms with Crippen molar-refractivity contribution in [1.29, 1.82) is 0 Å². The van der Waals surface area contributed by atoms with Crippen LogP contribution in [0.25, 0.3) is 0 Å². The Labute approximate surface area is 123 Å². The van der Waals surface area contributed by atoms with E-state index in [4.69, 9.17) is 10.5 Å². The number of hydrogen-bond donors (Lipinski definition) is 4. The summed E-state index contributed by atoms with van der Waals surface area (Å²) < 4.78 is 5.47. The van der Waals surface area contributed by atoms with Gasteiger partial charge in [0.05, 0.1) is 0 Å². The molecule has 1 aromatic carbocycles. The van der Waals surface area contributed by atoms with Crippen LogP contribution in [0.1, 0.15) is 12.8 Å². The molecule has 3 amide bonds. The van der Waals surface area contributed by atoms with E-state index in [0.29, 0.717) is 24.2 Å². The van der Waals surface area contributed by atoms with Crippen molar-refractivity contribution in [3.8, 4) is 0 Å². The van der Waals surface area contributed by atoms with Gasteiger partial charge in [-0.25, -0.2) is 4.79 Å². The molecule has 5 N–H and O–H groups in total. The van der Waals surface area contributed by atoms with Crippen LogP contribution < -0.4 is 21.7 Å². The zero-order valence-electron chi connectivity index (χ0n) is 11.9. The third-order valence-electron chi connectivity index (χ3n) is 3.60. The Balaban J connectivity index is 2.09. The molecule has 21 heavy (non-hydrogen) atoms. The van der Waals surface area contributed by atoms with Gasteiger partial charge in [0, 0.05) is 18.5 Å². The minimum atomic E-state index is -0.807. The van der Waals surface area contributed by atoms with Crippen LogP contribution in [0.3, 0.4) is 0 Å². The van der Waals surface area contributed by atoms with Crippen molar-refractivity contribution >= 4 is 23.3 Å². The maximum atomic E-state index is 12.5. The highest BCUT2D eigenvalue weighted by molar-refractivity contribution is 5.98. The van der Waals surface area contributed by atoms with Crippen LogP contribution >= 0.6 is 0 Å². The smallest absolute Gasteiger partial charge is 0.316 e. The van der Waals surface area contributed by atoms with E-state index in [2.05, 4.69) is 16.0 Å². The average Bonchev–Trinajstić information content (AvgIpc) is 2.47. The van der Waals surface area contributed by atoms with Gasteiger partial charge in [0.2, 0.25) is 0 Å². The number of ether oxygens (including phenoxy) is 1.